The zero-order valence-corrected chi connectivity index (χ0v) is 20.3. The average molecular weight is 505 g/mol. The van der Waals surface area contributed by atoms with Crippen molar-refractivity contribution in [3.63, 3.8) is 0 Å². The highest BCUT2D eigenvalue weighted by atomic mass is 19.1. The minimum atomic E-state index is -1.19. The second kappa shape index (κ2) is 11.4. The summed E-state index contributed by atoms with van der Waals surface area (Å²) in [5.41, 5.74) is 2.53. The van der Waals surface area contributed by atoms with Crippen LogP contribution in [-0.4, -0.2) is 33.6 Å². The maximum atomic E-state index is 13.5. The van der Waals surface area contributed by atoms with E-state index in [2.05, 4.69) is 4.98 Å². The number of carboxylic acids is 1. The number of hydrogen-bond acceptors (Lipinski definition) is 6. The number of aryl methyl sites for hydroxylation is 2. The van der Waals surface area contributed by atoms with E-state index in [-0.39, 0.29) is 18.9 Å². The molecule has 1 N–H and O–H groups in total. The summed E-state index contributed by atoms with van der Waals surface area (Å²) in [6.07, 6.45) is -0.857. The number of ether oxygens (including phenoxy) is 2. The van der Waals surface area contributed by atoms with Gasteiger partial charge in [0.25, 0.3) is 0 Å². The van der Waals surface area contributed by atoms with Gasteiger partial charge >= 0.3 is 12.1 Å². The highest BCUT2D eigenvalue weighted by molar-refractivity contribution is 5.78. The van der Waals surface area contributed by atoms with Crippen LogP contribution in [0.1, 0.15) is 22.6 Å². The van der Waals surface area contributed by atoms with Crippen molar-refractivity contribution >= 4 is 12.1 Å². The summed E-state index contributed by atoms with van der Waals surface area (Å²) in [6, 6.07) is 20.3. The van der Waals surface area contributed by atoms with E-state index < -0.39 is 24.4 Å². The molecule has 0 aliphatic heterocycles. The molecular formula is C28H25FN2O6. The number of carboxylic acid groups (broad SMARTS) is 1. The molecule has 0 radical (unpaired) electrons. The Morgan fingerprint density at radius 2 is 1.70 bits per heavy atom. The summed E-state index contributed by atoms with van der Waals surface area (Å²) < 4.78 is 30.3. The molecular weight excluding hydrogens is 479 g/mol. The number of carbonyl (C=O) groups is 2. The zero-order valence-electron chi connectivity index (χ0n) is 20.3. The van der Waals surface area contributed by atoms with Crippen LogP contribution in [0.25, 0.3) is 11.5 Å². The molecule has 3 aromatic carbocycles. The molecule has 0 atom stereocenters. The van der Waals surface area contributed by atoms with Gasteiger partial charge in [-0.3, -0.25) is 9.69 Å². The highest BCUT2D eigenvalue weighted by Gasteiger charge is 2.20. The summed E-state index contributed by atoms with van der Waals surface area (Å²) in [6.45, 7) is 3.00. The lowest BCUT2D eigenvalue weighted by Gasteiger charge is -2.20. The molecule has 0 saturated carbocycles. The third kappa shape index (κ3) is 6.72. The first-order chi connectivity index (χ1) is 17.8. The van der Waals surface area contributed by atoms with Gasteiger partial charge in [0.15, 0.2) is 0 Å². The molecule has 0 saturated heterocycles. The molecule has 0 bridgehead atoms. The summed E-state index contributed by atoms with van der Waals surface area (Å²) >= 11 is 0. The Hall–Kier alpha value is -4.66. The molecule has 0 aliphatic carbocycles. The Morgan fingerprint density at radius 3 is 2.38 bits per heavy atom. The van der Waals surface area contributed by atoms with Crippen molar-refractivity contribution in [3.05, 3.63) is 101 Å². The number of carbonyl (C=O) groups excluding carboxylic acids is 1. The largest absolute Gasteiger partial charge is 0.487 e. The normalized spacial score (nSPS) is 10.7. The van der Waals surface area contributed by atoms with Gasteiger partial charge in [-0.05, 0) is 67.4 Å². The van der Waals surface area contributed by atoms with Crippen molar-refractivity contribution in [1.29, 1.82) is 0 Å². The maximum absolute atomic E-state index is 13.5. The van der Waals surface area contributed by atoms with Crippen LogP contribution in [0.15, 0.2) is 77.2 Å². The number of amides is 1. The van der Waals surface area contributed by atoms with Crippen LogP contribution in [0.5, 0.6) is 11.5 Å². The SMILES string of the molecule is Cc1cc(OC(=O)N(CC(=O)O)Cc2ccc(OCc3nc(-c4ccccc4)oc3C)cc2)ccc1F. The fourth-order valence-corrected chi connectivity index (χ4v) is 3.52. The first-order valence-corrected chi connectivity index (χ1v) is 11.5. The highest BCUT2D eigenvalue weighted by Crippen LogP contribution is 2.23. The molecule has 4 rings (SSSR count). The van der Waals surface area contributed by atoms with E-state index in [1.807, 2.05) is 37.3 Å². The molecule has 0 spiro atoms. The number of oxazole rings is 1. The lowest BCUT2D eigenvalue weighted by atomic mass is 10.2. The second-order valence-corrected chi connectivity index (χ2v) is 8.35. The summed E-state index contributed by atoms with van der Waals surface area (Å²) in [5.74, 6) is 0.260. The number of aliphatic carboxylic acids is 1. The monoisotopic (exact) mass is 504 g/mol. The molecule has 4 aromatic rings. The zero-order chi connectivity index (χ0) is 26.4. The average Bonchev–Trinajstić information content (AvgIpc) is 3.26. The summed E-state index contributed by atoms with van der Waals surface area (Å²) in [7, 11) is 0. The van der Waals surface area contributed by atoms with Crippen LogP contribution in [0.4, 0.5) is 9.18 Å². The molecule has 9 heteroatoms. The minimum Gasteiger partial charge on any atom is -0.487 e. The number of rotatable bonds is 9. The molecule has 37 heavy (non-hydrogen) atoms. The standard InChI is InChI=1S/C28H25FN2O6/c1-18-14-23(12-13-24(18)29)37-28(34)31(16-26(32)33)15-20-8-10-22(11-9-20)35-17-25-19(2)36-27(30-25)21-6-4-3-5-7-21/h3-14H,15-17H2,1-2H3,(H,32,33). The second-order valence-electron chi connectivity index (χ2n) is 8.35. The molecule has 1 amide bonds. The quantitative estimate of drug-likeness (QED) is 0.309. The summed E-state index contributed by atoms with van der Waals surface area (Å²) in [5, 5.41) is 9.24. The third-order valence-electron chi connectivity index (χ3n) is 5.50. The molecule has 1 heterocycles. The van der Waals surface area contributed by atoms with Crippen molar-refractivity contribution in [2.45, 2.75) is 27.0 Å². The van der Waals surface area contributed by atoms with Gasteiger partial charge in [-0.1, -0.05) is 30.3 Å². The fraction of sp³-hybridized carbons (Fsp3) is 0.179. The van der Waals surface area contributed by atoms with Crippen LogP contribution in [0.3, 0.4) is 0 Å². The third-order valence-corrected chi connectivity index (χ3v) is 5.50. The summed E-state index contributed by atoms with van der Waals surface area (Å²) in [4.78, 5) is 29.5. The van der Waals surface area contributed by atoms with Crippen molar-refractivity contribution < 1.29 is 33.0 Å². The molecule has 0 unspecified atom stereocenters. The van der Waals surface area contributed by atoms with Gasteiger partial charge in [-0.15, -0.1) is 0 Å². The Morgan fingerprint density at radius 1 is 1.00 bits per heavy atom. The van der Waals surface area contributed by atoms with Gasteiger partial charge in [0.1, 0.15) is 41.9 Å². The van der Waals surface area contributed by atoms with Crippen molar-refractivity contribution in [1.82, 2.24) is 9.88 Å². The Kier molecular flexibility index (Phi) is 7.83. The predicted molar refractivity (Wildman–Crippen MR) is 133 cm³/mol. The Labute approximate surface area is 212 Å². The number of hydrogen-bond donors (Lipinski definition) is 1. The van der Waals surface area contributed by atoms with Gasteiger partial charge < -0.3 is 19.0 Å². The first kappa shape index (κ1) is 25.4. The maximum Gasteiger partial charge on any atom is 0.416 e. The van der Waals surface area contributed by atoms with Gasteiger partial charge in [-0.2, -0.15) is 0 Å². The molecule has 1 aromatic heterocycles. The van der Waals surface area contributed by atoms with Crippen LogP contribution in [0.2, 0.25) is 0 Å². The first-order valence-electron chi connectivity index (χ1n) is 11.5. The predicted octanol–water partition coefficient (Wildman–Crippen LogP) is 5.76. The van der Waals surface area contributed by atoms with E-state index in [9.17, 15) is 19.1 Å². The van der Waals surface area contributed by atoms with E-state index >= 15 is 0 Å². The Bertz CT molecular complexity index is 1390. The van der Waals surface area contributed by atoms with Crippen molar-refractivity contribution in [3.8, 4) is 23.0 Å². The van der Waals surface area contributed by atoms with Crippen molar-refractivity contribution in [2.75, 3.05) is 6.54 Å². The molecule has 0 aliphatic rings. The number of aromatic nitrogens is 1. The minimum absolute atomic E-state index is 0.00554. The topological polar surface area (TPSA) is 102 Å². The van der Waals surface area contributed by atoms with Gasteiger partial charge in [0.2, 0.25) is 5.89 Å². The van der Waals surface area contributed by atoms with E-state index in [0.29, 0.717) is 34.2 Å². The van der Waals surface area contributed by atoms with E-state index in [4.69, 9.17) is 13.9 Å². The smallest absolute Gasteiger partial charge is 0.416 e. The number of halogens is 1. The van der Waals surface area contributed by atoms with Gasteiger partial charge in [0, 0.05) is 12.1 Å². The van der Waals surface area contributed by atoms with Crippen LogP contribution in [0, 0.1) is 19.7 Å². The van der Waals surface area contributed by atoms with Crippen molar-refractivity contribution in [2.24, 2.45) is 0 Å². The van der Waals surface area contributed by atoms with Crippen LogP contribution in [-0.2, 0) is 17.9 Å². The van der Waals surface area contributed by atoms with Gasteiger partial charge in [-0.25, -0.2) is 14.2 Å². The lowest BCUT2D eigenvalue weighted by Crippen LogP contribution is -2.37. The fourth-order valence-electron chi connectivity index (χ4n) is 3.52. The number of nitrogens with zero attached hydrogens (tertiary/aromatic N) is 2. The number of benzene rings is 3. The van der Waals surface area contributed by atoms with Gasteiger partial charge in [0.05, 0.1) is 0 Å². The van der Waals surface area contributed by atoms with Crippen LogP contribution < -0.4 is 9.47 Å². The van der Waals surface area contributed by atoms with E-state index in [0.717, 1.165) is 10.5 Å². The van der Waals surface area contributed by atoms with Crippen LogP contribution >= 0.6 is 0 Å². The van der Waals surface area contributed by atoms with E-state index in [1.54, 1.807) is 24.3 Å². The molecule has 190 valence electrons. The lowest BCUT2D eigenvalue weighted by molar-refractivity contribution is -0.138. The molecule has 8 nitrogen and oxygen atoms in total. The van der Waals surface area contributed by atoms with E-state index in [1.165, 1.54) is 25.1 Å². The molecule has 0 fully saturated rings. The Balaban J connectivity index is 1.38.